The maximum Gasteiger partial charge on any atom is 0.253 e. The maximum absolute atomic E-state index is 12.8. The van der Waals surface area contributed by atoms with Gasteiger partial charge in [0.25, 0.3) is 11.8 Å². The maximum atomic E-state index is 12.8. The van der Waals surface area contributed by atoms with E-state index in [9.17, 15) is 28.8 Å². The van der Waals surface area contributed by atoms with Gasteiger partial charge in [-0.25, -0.2) is 0 Å². The minimum Gasteiger partial charge on any atom is -0.379 e. The lowest BCUT2D eigenvalue weighted by molar-refractivity contribution is -0.137. The van der Waals surface area contributed by atoms with Gasteiger partial charge in [0.05, 0.1) is 39.4 Å². The number of rotatable bonds is 35. The van der Waals surface area contributed by atoms with Crippen molar-refractivity contribution < 1.29 is 43.0 Å². The van der Waals surface area contributed by atoms with E-state index in [2.05, 4.69) is 76.9 Å². The van der Waals surface area contributed by atoms with Crippen molar-refractivity contribution in [1.82, 2.24) is 30.7 Å². The smallest absolute Gasteiger partial charge is 0.253 e. The predicted molar refractivity (Wildman–Crippen MR) is 269 cm³/mol. The van der Waals surface area contributed by atoms with Gasteiger partial charge in [0.2, 0.25) is 17.7 Å². The second-order valence-electron chi connectivity index (χ2n) is 17.2. The number of imide groups is 1. The molecule has 68 heavy (non-hydrogen) atoms. The summed E-state index contributed by atoms with van der Waals surface area (Å²) in [4.78, 5) is 77.2. The molecule has 0 saturated carbocycles. The monoisotopic (exact) mass is 978 g/mol. The minimum absolute atomic E-state index is 0.00254. The zero-order valence-corrected chi connectivity index (χ0v) is 42.0. The summed E-state index contributed by atoms with van der Waals surface area (Å²) in [5, 5.41) is 8.78. The molecule has 3 atom stereocenters. The van der Waals surface area contributed by atoms with Crippen molar-refractivity contribution >= 4 is 57.4 Å². The highest BCUT2D eigenvalue weighted by molar-refractivity contribution is 8.77. The zero-order chi connectivity index (χ0) is 48.8. The second-order valence-corrected chi connectivity index (χ2v) is 19.9. The summed E-state index contributed by atoms with van der Waals surface area (Å²) in [7, 11) is 3.64. The van der Waals surface area contributed by atoms with E-state index in [4.69, 9.17) is 14.2 Å². The standard InChI is InChI=1S/C51H74N6O9S2/c1-40(10-4-7-13-47(59)54-24-31-58)42(3)44-16-14-43(15-17-44)39-56-29-27-55(28-30-56)25-20-41(2)67-68-46-12-6-5-11-45(46)38-49(61)53-23-9-33-65-35-37-66-36-34-64-32-8-22-52-48(60)21-26-57-50(62)18-19-51(57)63/h5-7,11-19,31,40-42H,4,8-10,20-30,32-39H2,1-3H3,(H,52,60)(H,53,61)(H,54,59)/b13-7+/t40-,41-,42?/m0/s1. The average molecular weight is 979 g/mol. The minimum atomic E-state index is -0.390. The van der Waals surface area contributed by atoms with Gasteiger partial charge in [-0.2, -0.15) is 0 Å². The molecule has 1 fully saturated rings. The Labute approximate surface area is 411 Å². The molecule has 0 spiro atoms. The van der Waals surface area contributed by atoms with Crippen LogP contribution in [0.2, 0.25) is 0 Å². The van der Waals surface area contributed by atoms with E-state index in [1.807, 2.05) is 35.1 Å². The Morgan fingerprint density at radius 1 is 0.735 bits per heavy atom. The van der Waals surface area contributed by atoms with E-state index in [-0.39, 0.29) is 49.0 Å². The number of benzene rings is 2. The number of amides is 5. The van der Waals surface area contributed by atoms with E-state index >= 15 is 0 Å². The van der Waals surface area contributed by atoms with Crippen LogP contribution in [-0.4, -0.2) is 154 Å². The summed E-state index contributed by atoms with van der Waals surface area (Å²) in [6.45, 7) is 17.0. The van der Waals surface area contributed by atoms with Crippen molar-refractivity contribution in [2.24, 2.45) is 5.92 Å². The first-order valence-corrected chi connectivity index (χ1v) is 26.4. The molecule has 17 heteroatoms. The van der Waals surface area contributed by atoms with Crippen LogP contribution in [0.5, 0.6) is 0 Å². The van der Waals surface area contributed by atoms with Crippen molar-refractivity contribution in [3.05, 3.63) is 89.5 Å². The summed E-state index contributed by atoms with van der Waals surface area (Å²) in [6.07, 6.45) is 11.2. The van der Waals surface area contributed by atoms with E-state index in [0.717, 1.165) is 73.9 Å². The average Bonchev–Trinajstić information content (AvgIpc) is 3.67. The van der Waals surface area contributed by atoms with E-state index in [0.29, 0.717) is 95.4 Å². The fourth-order valence-electron chi connectivity index (χ4n) is 7.50. The molecule has 2 aromatic carbocycles. The number of aldehydes is 1. The number of piperazine rings is 1. The van der Waals surface area contributed by atoms with Gasteiger partial charge in [0.1, 0.15) is 6.29 Å². The summed E-state index contributed by atoms with van der Waals surface area (Å²) < 4.78 is 16.7. The van der Waals surface area contributed by atoms with Crippen LogP contribution in [0.4, 0.5) is 0 Å². The van der Waals surface area contributed by atoms with Crippen LogP contribution in [0.1, 0.15) is 81.9 Å². The summed E-state index contributed by atoms with van der Waals surface area (Å²) in [6, 6.07) is 17.3. The van der Waals surface area contributed by atoms with Gasteiger partial charge in [-0.3, -0.25) is 33.8 Å². The Kier molecular flexibility index (Phi) is 27.5. The number of carbonyl (C=O) groups excluding carboxylic acids is 6. The van der Waals surface area contributed by atoms with Crippen LogP contribution < -0.4 is 16.0 Å². The number of carbonyl (C=O) groups is 6. The fourth-order valence-corrected chi connectivity index (χ4v) is 9.93. The molecule has 374 valence electrons. The van der Waals surface area contributed by atoms with E-state index in [1.165, 1.54) is 29.4 Å². The molecule has 0 aliphatic carbocycles. The molecule has 0 bridgehead atoms. The molecular formula is C51H74N6O9S2. The first kappa shape index (κ1) is 56.2. The lowest BCUT2D eigenvalue weighted by atomic mass is 9.85. The van der Waals surface area contributed by atoms with Crippen molar-refractivity contribution in [1.29, 1.82) is 0 Å². The van der Waals surface area contributed by atoms with E-state index in [1.54, 1.807) is 10.8 Å². The van der Waals surface area contributed by atoms with Crippen LogP contribution in [0, 0.1) is 5.92 Å². The Hall–Kier alpha value is -4.36. The van der Waals surface area contributed by atoms with Gasteiger partial charge >= 0.3 is 0 Å². The van der Waals surface area contributed by atoms with Gasteiger partial charge in [-0.15, -0.1) is 0 Å². The molecule has 2 aliphatic heterocycles. The molecule has 2 heterocycles. The molecule has 15 nitrogen and oxygen atoms in total. The lowest BCUT2D eigenvalue weighted by Crippen LogP contribution is -2.46. The Bertz CT molecular complexity index is 1890. The highest BCUT2D eigenvalue weighted by Gasteiger charge is 2.24. The topological polar surface area (TPSA) is 176 Å². The Balaban J connectivity index is 0.962. The molecule has 0 radical (unpaired) electrons. The third-order valence-electron chi connectivity index (χ3n) is 11.9. The fraction of sp³-hybridized carbons (Fsp3) is 0.569. The van der Waals surface area contributed by atoms with Gasteiger partial charge in [-0.05, 0) is 79.3 Å². The summed E-state index contributed by atoms with van der Waals surface area (Å²) in [5.74, 6) is -0.325. The number of ether oxygens (including phenoxy) is 3. The van der Waals surface area contributed by atoms with Crippen LogP contribution >= 0.6 is 21.6 Å². The molecule has 3 N–H and O–H groups in total. The van der Waals surface area contributed by atoms with Crippen molar-refractivity contribution in [2.75, 3.05) is 98.5 Å². The van der Waals surface area contributed by atoms with Gasteiger partial charge < -0.3 is 39.9 Å². The van der Waals surface area contributed by atoms with Gasteiger partial charge in [0.15, 0.2) is 0 Å². The SMILES string of the molecule is CC(c1ccc(CN2CCN(CC[C@H](C)SSc3ccccc3CC(=O)NCCCOCCOCCOCCCNC(=O)CCN3C(=O)C=CC3=O)CC2)cc1)[C@@H](C)CC/C=C/C(=O)NCC=O. The second kappa shape index (κ2) is 33.2. The Morgan fingerprint density at radius 3 is 2.01 bits per heavy atom. The highest BCUT2D eigenvalue weighted by atomic mass is 33.1. The van der Waals surface area contributed by atoms with Crippen LogP contribution in [0.25, 0.3) is 0 Å². The normalized spacial score (nSPS) is 15.7. The first-order valence-electron chi connectivity index (χ1n) is 24.1. The molecule has 0 aromatic heterocycles. The quantitative estimate of drug-likeness (QED) is 0.0266. The Morgan fingerprint density at radius 2 is 1.35 bits per heavy atom. The third kappa shape index (κ3) is 22.8. The largest absolute Gasteiger partial charge is 0.379 e. The summed E-state index contributed by atoms with van der Waals surface area (Å²) in [5.41, 5.74) is 3.72. The molecule has 2 aromatic rings. The predicted octanol–water partition coefficient (Wildman–Crippen LogP) is 5.33. The first-order chi connectivity index (χ1) is 33.0. The van der Waals surface area contributed by atoms with Crippen molar-refractivity contribution in [3.8, 4) is 0 Å². The number of hydrogen-bond donors (Lipinski definition) is 3. The van der Waals surface area contributed by atoms with Crippen LogP contribution in [0.15, 0.2) is 77.7 Å². The number of nitrogens with zero attached hydrogens (tertiary/aromatic N) is 3. The lowest BCUT2D eigenvalue weighted by Gasteiger charge is -2.35. The molecule has 1 unspecified atom stereocenters. The van der Waals surface area contributed by atoms with Crippen molar-refractivity contribution in [3.63, 3.8) is 0 Å². The number of nitrogens with one attached hydrogen (secondary N) is 3. The number of allylic oxidation sites excluding steroid dienone is 1. The number of hydrogen-bond acceptors (Lipinski definition) is 13. The molecule has 5 amide bonds. The highest BCUT2D eigenvalue weighted by Crippen LogP contribution is 2.38. The molecular weight excluding hydrogens is 905 g/mol. The van der Waals surface area contributed by atoms with Crippen molar-refractivity contribution in [2.45, 2.75) is 88.3 Å². The van der Waals surface area contributed by atoms with Crippen LogP contribution in [-0.2, 0) is 55.9 Å². The molecule has 4 rings (SSSR count). The van der Waals surface area contributed by atoms with Gasteiger partial charge in [0, 0.05) is 94.3 Å². The zero-order valence-electron chi connectivity index (χ0n) is 40.3. The van der Waals surface area contributed by atoms with Crippen LogP contribution in [0.3, 0.4) is 0 Å². The molecule has 2 aliphatic rings. The van der Waals surface area contributed by atoms with E-state index < -0.39 is 0 Å². The van der Waals surface area contributed by atoms with Gasteiger partial charge in [-0.1, -0.05) is 90.9 Å². The summed E-state index contributed by atoms with van der Waals surface area (Å²) >= 11 is 0. The third-order valence-corrected chi connectivity index (χ3v) is 15.0. The molecule has 1 saturated heterocycles.